The van der Waals surface area contributed by atoms with Gasteiger partial charge in [0.2, 0.25) is 0 Å². The van der Waals surface area contributed by atoms with Crippen molar-refractivity contribution in [2.75, 3.05) is 0 Å². The molecule has 94 valence electrons. The largest absolute Gasteiger partial charge is 0.274 e. The van der Waals surface area contributed by atoms with E-state index in [0.29, 0.717) is 5.69 Å². The minimum absolute atomic E-state index is 0.298. The van der Waals surface area contributed by atoms with Crippen molar-refractivity contribution in [1.82, 2.24) is 9.78 Å². The molecule has 0 aliphatic rings. The molecule has 0 saturated carbocycles. The number of aromatic nitrogens is 2. The third kappa shape index (κ3) is 2.13. The van der Waals surface area contributed by atoms with Crippen LogP contribution in [0.2, 0.25) is 0 Å². The van der Waals surface area contributed by atoms with Crippen LogP contribution in [0.5, 0.6) is 0 Å². The maximum absolute atomic E-state index is 13.4. The van der Waals surface area contributed by atoms with Gasteiger partial charge in [-0.3, -0.25) is 10.1 Å². The highest BCUT2D eigenvalue weighted by Crippen LogP contribution is 2.25. The van der Waals surface area contributed by atoms with Crippen LogP contribution in [0.25, 0.3) is 5.69 Å². The molecule has 1 aromatic heterocycles. The maximum Gasteiger partial charge on any atom is 0.274 e. The molecule has 5 nitrogen and oxygen atoms in total. The lowest BCUT2D eigenvalue weighted by atomic mass is 10.2. The average molecular weight is 314 g/mol. The van der Waals surface area contributed by atoms with Crippen LogP contribution in [0, 0.1) is 29.8 Å². The van der Waals surface area contributed by atoms with Crippen LogP contribution in [0.4, 0.5) is 10.1 Å². The Bertz CT molecular complexity index is 639. The molecular formula is C11H9BrFN3O2. The maximum atomic E-state index is 13.4. The third-order valence-corrected chi connectivity index (χ3v) is 3.67. The summed E-state index contributed by atoms with van der Waals surface area (Å²) in [5.74, 6) is -0.664. The van der Waals surface area contributed by atoms with Crippen LogP contribution in [0.3, 0.4) is 0 Å². The molecule has 0 bridgehead atoms. The van der Waals surface area contributed by atoms with E-state index in [1.54, 1.807) is 13.8 Å². The predicted octanol–water partition coefficient (Wildman–Crippen LogP) is 3.30. The van der Waals surface area contributed by atoms with Crippen LogP contribution >= 0.6 is 15.9 Å². The summed E-state index contributed by atoms with van der Waals surface area (Å²) in [6, 6.07) is 3.37. The number of nitro groups is 1. The summed E-state index contributed by atoms with van der Waals surface area (Å²) in [7, 11) is 0. The first-order valence-electron chi connectivity index (χ1n) is 5.07. The van der Waals surface area contributed by atoms with Gasteiger partial charge >= 0.3 is 0 Å². The van der Waals surface area contributed by atoms with E-state index in [2.05, 4.69) is 21.0 Å². The number of hydrogen-bond donors (Lipinski definition) is 0. The molecular weight excluding hydrogens is 305 g/mol. The highest BCUT2D eigenvalue weighted by Gasteiger charge is 2.15. The molecule has 0 unspecified atom stereocenters. The van der Waals surface area contributed by atoms with Crippen LogP contribution in [0.1, 0.15) is 11.4 Å². The van der Waals surface area contributed by atoms with Gasteiger partial charge in [0.25, 0.3) is 5.69 Å². The number of benzene rings is 1. The van der Waals surface area contributed by atoms with E-state index in [0.717, 1.165) is 21.9 Å². The van der Waals surface area contributed by atoms with Crippen molar-refractivity contribution in [3.05, 3.63) is 50.0 Å². The highest BCUT2D eigenvalue weighted by molar-refractivity contribution is 9.10. The van der Waals surface area contributed by atoms with Crippen molar-refractivity contribution in [1.29, 1.82) is 0 Å². The van der Waals surface area contributed by atoms with Gasteiger partial charge in [-0.2, -0.15) is 5.10 Å². The lowest BCUT2D eigenvalue weighted by Gasteiger charge is -2.04. The summed E-state index contributed by atoms with van der Waals surface area (Å²) in [6.45, 7) is 3.59. The van der Waals surface area contributed by atoms with Gasteiger partial charge in [0.1, 0.15) is 5.82 Å². The quantitative estimate of drug-likeness (QED) is 0.631. The van der Waals surface area contributed by atoms with Gasteiger partial charge in [-0.15, -0.1) is 0 Å². The first-order valence-corrected chi connectivity index (χ1v) is 5.86. The van der Waals surface area contributed by atoms with Crippen LogP contribution < -0.4 is 0 Å². The second-order valence-corrected chi connectivity index (χ2v) is 4.61. The molecule has 0 saturated heterocycles. The molecule has 0 spiro atoms. The first-order chi connectivity index (χ1) is 8.40. The smallest absolute Gasteiger partial charge is 0.258 e. The molecule has 0 fully saturated rings. The Hall–Kier alpha value is -1.76. The summed E-state index contributed by atoms with van der Waals surface area (Å²) in [4.78, 5) is 10.1. The van der Waals surface area contributed by atoms with Crippen molar-refractivity contribution in [3.63, 3.8) is 0 Å². The lowest BCUT2D eigenvalue weighted by Crippen LogP contribution is -2.01. The van der Waals surface area contributed by atoms with E-state index in [9.17, 15) is 14.5 Å². The predicted molar refractivity (Wildman–Crippen MR) is 67.4 cm³/mol. The molecule has 0 aliphatic carbocycles. The molecule has 1 aromatic carbocycles. The summed E-state index contributed by atoms with van der Waals surface area (Å²) < 4.78 is 15.6. The number of rotatable bonds is 2. The molecule has 0 atom stereocenters. The second kappa shape index (κ2) is 4.49. The molecule has 1 heterocycles. The fraction of sp³-hybridized carbons (Fsp3) is 0.182. The standard InChI is InChI=1S/C11H9BrFN3O2/c1-6-11(12)7(2)15(14-6)9-3-8(13)4-10(5-9)16(17)18/h3-5H,1-2H3. The average Bonchev–Trinajstić information content (AvgIpc) is 2.56. The zero-order chi connectivity index (χ0) is 13.4. The summed E-state index contributed by atoms with van der Waals surface area (Å²) in [5.41, 5.74) is 1.52. The SMILES string of the molecule is Cc1nn(-c2cc(F)cc([N+](=O)[O-])c2)c(C)c1Br. The van der Waals surface area contributed by atoms with E-state index in [4.69, 9.17) is 0 Å². The minimum Gasteiger partial charge on any atom is -0.258 e. The Labute approximate surface area is 111 Å². The van der Waals surface area contributed by atoms with Crippen molar-refractivity contribution < 1.29 is 9.31 Å². The topological polar surface area (TPSA) is 61.0 Å². The normalized spacial score (nSPS) is 10.7. The highest BCUT2D eigenvalue weighted by atomic mass is 79.9. The van der Waals surface area contributed by atoms with E-state index in [1.807, 2.05) is 0 Å². The second-order valence-electron chi connectivity index (χ2n) is 3.82. The fourth-order valence-electron chi connectivity index (χ4n) is 1.66. The molecule has 2 aromatic rings. The Morgan fingerprint density at radius 3 is 2.56 bits per heavy atom. The van der Waals surface area contributed by atoms with Gasteiger partial charge in [-0.05, 0) is 29.8 Å². The van der Waals surface area contributed by atoms with Crippen molar-refractivity contribution in [2.24, 2.45) is 0 Å². The van der Waals surface area contributed by atoms with Crippen molar-refractivity contribution in [2.45, 2.75) is 13.8 Å². The van der Waals surface area contributed by atoms with Crippen LogP contribution in [-0.4, -0.2) is 14.7 Å². The van der Waals surface area contributed by atoms with Gasteiger partial charge in [0, 0.05) is 12.1 Å². The number of nitro benzene ring substituents is 1. The molecule has 0 N–H and O–H groups in total. The third-order valence-electron chi connectivity index (χ3n) is 2.53. The molecule has 18 heavy (non-hydrogen) atoms. The first kappa shape index (κ1) is 12.7. The zero-order valence-corrected chi connectivity index (χ0v) is 11.2. The summed E-state index contributed by atoms with van der Waals surface area (Å²) in [6.07, 6.45) is 0. The van der Waals surface area contributed by atoms with Gasteiger partial charge in [0.15, 0.2) is 0 Å². The number of hydrogen-bond acceptors (Lipinski definition) is 3. The fourth-order valence-corrected chi connectivity index (χ4v) is 1.91. The number of aryl methyl sites for hydroxylation is 1. The molecule has 0 aliphatic heterocycles. The van der Waals surface area contributed by atoms with E-state index < -0.39 is 10.7 Å². The Balaban J connectivity index is 2.63. The Kier molecular flexibility index (Phi) is 3.16. The van der Waals surface area contributed by atoms with Crippen molar-refractivity contribution >= 4 is 21.6 Å². The molecule has 7 heteroatoms. The monoisotopic (exact) mass is 313 g/mol. The lowest BCUT2D eigenvalue weighted by molar-refractivity contribution is -0.385. The van der Waals surface area contributed by atoms with Gasteiger partial charge < -0.3 is 0 Å². The van der Waals surface area contributed by atoms with Crippen LogP contribution in [-0.2, 0) is 0 Å². The Morgan fingerprint density at radius 1 is 1.39 bits per heavy atom. The van der Waals surface area contributed by atoms with Gasteiger partial charge in [-0.1, -0.05) is 0 Å². The van der Waals surface area contributed by atoms with Crippen LogP contribution in [0.15, 0.2) is 22.7 Å². The molecule has 0 amide bonds. The van der Waals surface area contributed by atoms with E-state index >= 15 is 0 Å². The summed E-state index contributed by atoms with van der Waals surface area (Å²) >= 11 is 3.35. The molecule has 2 rings (SSSR count). The zero-order valence-electron chi connectivity index (χ0n) is 9.65. The number of nitrogens with zero attached hydrogens (tertiary/aromatic N) is 3. The molecule has 0 radical (unpaired) electrons. The van der Waals surface area contributed by atoms with Gasteiger partial charge in [0.05, 0.1) is 32.5 Å². The minimum atomic E-state index is -0.664. The number of halogens is 2. The van der Waals surface area contributed by atoms with E-state index in [-0.39, 0.29) is 5.69 Å². The van der Waals surface area contributed by atoms with Crippen molar-refractivity contribution in [3.8, 4) is 5.69 Å². The van der Waals surface area contributed by atoms with Gasteiger partial charge in [-0.25, -0.2) is 9.07 Å². The number of non-ortho nitro benzene ring substituents is 1. The Morgan fingerprint density at radius 2 is 2.06 bits per heavy atom. The summed E-state index contributed by atoms with van der Waals surface area (Å²) in [5, 5.41) is 14.9. The van der Waals surface area contributed by atoms with E-state index in [1.165, 1.54) is 16.8 Å².